The van der Waals surface area contributed by atoms with Crippen molar-refractivity contribution in [1.82, 2.24) is 10.6 Å². The molecule has 0 heterocycles. The predicted octanol–water partition coefficient (Wildman–Crippen LogP) is -1.73. The molecule has 0 aromatic rings. The summed E-state index contributed by atoms with van der Waals surface area (Å²) in [6.45, 7) is 2.52. The lowest BCUT2D eigenvalue weighted by Crippen LogP contribution is -2.54. The molecule has 3 atom stereocenters. The van der Waals surface area contributed by atoms with Crippen LogP contribution in [0.15, 0.2) is 0 Å². The molecule has 0 aromatic heterocycles. The van der Waals surface area contributed by atoms with E-state index in [1.165, 1.54) is 0 Å². The fraction of sp³-hybridized carbons (Fsp3) is 0.714. The number of aliphatic carboxylic acids is 2. The van der Waals surface area contributed by atoms with Crippen LogP contribution in [0.5, 0.6) is 0 Å². The number of hydrogen-bond acceptors (Lipinski definition) is 6. The van der Waals surface area contributed by atoms with Gasteiger partial charge in [0.15, 0.2) is 0 Å². The topological polar surface area (TPSA) is 179 Å². The maximum atomic E-state index is 12.0. The standard InChI is InChI=1S/C14H25N3O7/c1-7(2)11(14(23)24)17-12(20)9(6-18)16-10(19)5-3-4-8(15)13(21)22/h7-9,11,18H,3-6,15H2,1-2H3,(H,16,19)(H,17,20)(H,21,22)(H,23,24)/t8-,9-,11+/m0/s1. The van der Waals surface area contributed by atoms with E-state index in [4.69, 9.17) is 15.9 Å². The molecule has 0 aliphatic carbocycles. The van der Waals surface area contributed by atoms with Crippen LogP contribution >= 0.6 is 0 Å². The Kier molecular flexibility index (Phi) is 9.58. The molecule has 0 bridgehead atoms. The fourth-order valence-corrected chi connectivity index (χ4v) is 1.83. The Labute approximate surface area is 139 Å². The summed E-state index contributed by atoms with van der Waals surface area (Å²) in [5.41, 5.74) is 5.30. The highest BCUT2D eigenvalue weighted by Crippen LogP contribution is 2.03. The number of carboxylic acids is 2. The van der Waals surface area contributed by atoms with Gasteiger partial charge in [-0.3, -0.25) is 14.4 Å². The van der Waals surface area contributed by atoms with Crippen molar-refractivity contribution in [1.29, 1.82) is 0 Å². The van der Waals surface area contributed by atoms with Gasteiger partial charge in [-0.15, -0.1) is 0 Å². The Balaban J connectivity index is 4.47. The van der Waals surface area contributed by atoms with Crippen molar-refractivity contribution < 1.29 is 34.5 Å². The second-order valence-corrected chi connectivity index (χ2v) is 5.71. The van der Waals surface area contributed by atoms with Gasteiger partial charge in [0.2, 0.25) is 11.8 Å². The van der Waals surface area contributed by atoms with Crippen molar-refractivity contribution >= 4 is 23.8 Å². The second kappa shape index (κ2) is 10.6. The third kappa shape index (κ3) is 7.88. The van der Waals surface area contributed by atoms with Gasteiger partial charge in [-0.2, -0.15) is 0 Å². The lowest BCUT2D eigenvalue weighted by atomic mass is 10.0. The summed E-state index contributed by atoms with van der Waals surface area (Å²) < 4.78 is 0. The number of carbonyl (C=O) groups is 4. The van der Waals surface area contributed by atoms with Crippen molar-refractivity contribution in [2.45, 2.75) is 51.2 Å². The summed E-state index contributed by atoms with van der Waals surface area (Å²) in [6.07, 6.45) is 0.216. The molecule has 0 aliphatic rings. The number of aliphatic hydroxyl groups is 1. The molecule has 0 radical (unpaired) electrons. The highest BCUT2D eigenvalue weighted by molar-refractivity contribution is 5.90. The molecule has 10 heteroatoms. The summed E-state index contributed by atoms with van der Waals surface area (Å²) >= 11 is 0. The molecule has 24 heavy (non-hydrogen) atoms. The SMILES string of the molecule is CC(C)[C@@H](NC(=O)[C@H](CO)NC(=O)CCC[C@H](N)C(=O)O)C(=O)O. The first-order valence-electron chi connectivity index (χ1n) is 7.51. The van der Waals surface area contributed by atoms with Crippen LogP contribution in [0, 0.1) is 5.92 Å². The molecule has 0 unspecified atom stereocenters. The number of carbonyl (C=O) groups excluding carboxylic acids is 2. The summed E-state index contributed by atoms with van der Waals surface area (Å²) in [4.78, 5) is 45.3. The number of hydrogen-bond donors (Lipinski definition) is 6. The average molecular weight is 347 g/mol. The first-order chi connectivity index (χ1) is 11.1. The average Bonchev–Trinajstić information content (AvgIpc) is 2.48. The van der Waals surface area contributed by atoms with E-state index in [9.17, 15) is 24.3 Å². The minimum atomic E-state index is -1.29. The zero-order valence-electron chi connectivity index (χ0n) is 13.7. The smallest absolute Gasteiger partial charge is 0.326 e. The Bertz CT molecular complexity index is 467. The van der Waals surface area contributed by atoms with Gasteiger partial charge in [0.1, 0.15) is 18.1 Å². The number of amides is 2. The summed E-state index contributed by atoms with van der Waals surface area (Å²) in [6, 6.07) is -3.50. The molecule has 10 nitrogen and oxygen atoms in total. The minimum Gasteiger partial charge on any atom is -0.480 e. The first kappa shape index (κ1) is 21.8. The lowest BCUT2D eigenvalue weighted by molar-refractivity contribution is -0.143. The van der Waals surface area contributed by atoms with Crippen LogP contribution < -0.4 is 16.4 Å². The van der Waals surface area contributed by atoms with E-state index in [-0.39, 0.29) is 25.2 Å². The molecular formula is C14H25N3O7. The van der Waals surface area contributed by atoms with Gasteiger partial charge >= 0.3 is 11.9 Å². The molecule has 0 saturated carbocycles. The normalized spacial score (nSPS) is 14.5. The van der Waals surface area contributed by atoms with Gasteiger partial charge in [-0.1, -0.05) is 13.8 Å². The van der Waals surface area contributed by atoms with Crippen LogP contribution in [-0.4, -0.2) is 63.8 Å². The van der Waals surface area contributed by atoms with Crippen molar-refractivity contribution in [3.63, 3.8) is 0 Å². The molecule has 0 aliphatic heterocycles. The Hall–Kier alpha value is -2.20. The molecule has 0 spiro atoms. The largest absolute Gasteiger partial charge is 0.480 e. The van der Waals surface area contributed by atoms with Gasteiger partial charge < -0.3 is 31.7 Å². The minimum absolute atomic E-state index is 0.0721. The van der Waals surface area contributed by atoms with E-state index in [1.807, 2.05) is 0 Å². The summed E-state index contributed by atoms with van der Waals surface area (Å²) in [5, 5.41) is 31.4. The highest BCUT2D eigenvalue weighted by atomic mass is 16.4. The summed E-state index contributed by atoms with van der Waals surface area (Å²) in [5.74, 6) is -4.15. The molecule has 0 saturated heterocycles. The van der Waals surface area contributed by atoms with Gasteiger partial charge in [-0.05, 0) is 18.8 Å². The third-order valence-electron chi connectivity index (χ3n) is 3.30. The van der Waals surface area contributed by atoms with E-state index in [1.54, 1.807) is 13.8 Å². The highest BCUT2D eigenvalue weighted by Gasteiger charge is 2.28. The van der Waals surface area contributed by atoms with E-state index in [0.29, 0.717) is 0 Å². The number of carboxylic acid groups (broad SMARTS) is 2. The Morgan fingerprint density at radius 3 is 2.04 bits per heavy atom. The monoisotopic (exact) mass is 347 g/mol. The Morgan fingerprint density at radius 2 is 1.62 bits per heavy atom. The van der Waals surface area contributed by atoms with Crippen molar-refractivity contribution in [2.75, 3.05) is 6.61 Å². The quantitative estimate of drug-likeness (QED) is 0.255. The predicted molar refractivity (Wildman–Crippen MR) is 82.9 cm³/mol. The molecule has 2 amide bonds. The van der Waals surface area contributed by atoms with Crippen LogP contribution in [-0.2, 0) is 19.2 Å². The van der Waals surface area contributed by atoms with E-state index in [2.05, 4.69) is 10.6 Å². The zero-order chi connectivity index (χ0) is 18.9. The van der Waals surface area contributed by atoms with Gasteiger partial charge in [-0.25, -0.2) is 4.79 Å². The van der Waals surface area contributed by atoms with E-state index >= 15 is 0 Å². The number of aliphatic hydroxyl groups excluding tert-OH is 1. The van der Waals surface area contributed by atoms with Gasteiger partial charge in [0, 0.05) is 6.42 Å². The number of nitrogens with one attached hydrogen (secondary N) is 2. The fourth-order valence-electron chi connectivity index (χ4n) is 1.83. The van der Waals surface area contributed by atoms with Gasteiger partial charge in [0.25, 0.3) is 0 Å². The van der Waals surface area contributed by atoms with E-state index in [0.717, 1.165) is 0 Å². The van der Waals surface area contributed by atoms with E-state index < -0.39 is 48.5 Å². The molecule has 0 rings (SSSR count). The number of rotatable bonds is 11. The van der Waals surface area contributed by atoms with Crippen molar-refractivity contribution in [2.24, 2.45) is 11.7 Å². The maximum absolute atomic E-state index is 12.0. The Morgan fingerprint density at radius 1 is 1.04 bits per heavy atom. The molecule has 7 N–H and O–H groups in total. The van der Waals surface area contributed by atoms with Crippen LogP contribution in [0.4, 0.5) is 0 Å². The van der Waals surface area contributed by atoms with Crippen LogP contribution in [0.25, 0.3) is 0 Å². The molecule has 0 aromatic carbocycles. The van der Waals surface area contributed by atoms with Crippen LogP contribution in [0.1, 0.15) is 33.1 Å². The van der Waals surface area contributed by atoms with Crippen molar-refractivity contribution in [3.05, 3.63) is 0 Å². The first-order valence-corrected chi connectivity index (χ1v) is 7.51. The number of nitrogens with two attached hydrogens (primary N) is 1. The second-order valence-electron chi connectivity index (χ2n) is 5.71. The third-order valence-corrected chi connectivity index (χ3v) is 3.30. The summed E-state index contributed by atoms with van der Waals surface area (Å²) in [7, 11) is 0. The van der Waals surface area contributed by atoms with Crippen LogP contribution in [0.2, 0.25) is 0 Å². The zero-order valence-corrected chi connectivity index (χ0v) is 13.7. The van der Waals surface area contributed by atoms with Crippen molar-refractivity contribution in [3.8, 4) is 0 Å². The van der Waals surface area contributed by atoms with Gasteiger partial charge in [0.05, 0.1) is 6.61 Å². The lowest BCUT2D eigenvalue weighted by Gasteiger charge is -2.22. The molecule has 138 valence electrons. The van der Waals surface area contributed by atoms with Crippen LogP contribution in [0.3, 0.4) is 0 Å². The molecular weight excluding hydrogens is 322 g/mol. The maximum Gasteiger partial charge on any atom is 0.326 e. The molecule has 0 fully saturated rings.